The fourth-order valence-electron chi connectivity index (χ4n) is 3.01. The minimum absolute atomic E-state index is 0.320. The first kappa shape index (κ1) is 15.4. The van der Waals surface area contributed by atoms with Crippen molar-refractivity contribution >= 4 is 23.0 Å². The highest BCUT2D eigenvalue weighted by molar-refractivity contribution is 5.90. The smallest absolute Gasteiger partial charge is 0.411 e. The maximum Gasteiger partial charge on any atom is 0.411 e. The summed E-state index contributed by atoms with van der Waals surface area (Å²) in [6.07, 6.45) is -0.00301. The molecule has 0 spiro atoms. The molecule has 0 saturated carbocycles. The summed E-state index contributed by atoms with van der Waals surface area (Å²) in [6.45, 7) is 5.61. The lowest BCUT2D eigenvalue weighted by molar-refractivity contribution is -0.144. The molecule has 0 aliphatic carbocycles. The van der Waals surface area contributed by atoms with Gasteiger partial charge in [0.15, 0.2) is 6.04 Å². The fraction of sp³-hybridized carbons (Fsp3) is 0.412. The van der Waals surface area contributed by atoms with Gasteiger partial charge in [-0.25, -0.2) is 9.59 Å². The van der Waals surface area contributed by atoms with Crippen LogP contribution < -0.4 is 0 Å². The Morgan fingerprint density at radius 3 is 2.65 bits per heavy atom. The summed E-state index contributed by atoms with van der Waals surface area (Å²) < 4.78 is 5.36. The Kier molecular flexibility index (Phi) is 3.55. The fourth-order valence-corrected chi connectivity index (χ4v) is 3.01. The van der Waals surface area contributed by atoms with E-state index in [1.54, 1.807) is 20.8 Å². The summed E-state index contributed by atoms with van der Waals surface area (Å²) in [7, 11) is 0. The van der Waals surface area contributed by atoms with E-state index in [0.29, 0.717) is 18.7 Å². The van der Waals surface area contributed by atoms with Gasteiger partial charge in [-0.15, -0.1) is 0 Å². The van der Waals surface area contributed by atoms with Crippen molar-refractivity contribution in [1.82, 2.24) is 9.88 Å². The Labute approximate surface area is 134 Å². The molecule has 0 saturated heterocycles. The number of aliphatic carboxylic acids is 1. The third-order valence-corrected chi connectivity index (χ3v) is 3.90. The monoisotopic (exact) mass is 316 g/mol. The number of aromatic nitrogens is 1. The van der Waals surface area contributed by atoms with E-state index in [2.05, 4.69) is 4.98 Å². The van der Waals surface area contributed by atoms with E-state index in [1.807, 2.05) is 24.3 Å². The maximum absolute atomic E-state index is 12.4. The van der Waals surface area contributed by atoms with Crippen LogP contribution in [-0.4, -0.2) is 39.2 Å². The second kappa shape index (κ2) is 5.30. The van der Waals surface area contributed by atoms with Gasteiger partial charge in [-0.1, -0.05) is 18.2 Å². The van der Waals surface area contributed by atoms with Crippen molar-refractivity contribution in [3.05, 3.63) is 35.5 Å². The molecule has 1 aromatic carbocycles. The molecule has 0 fully saturated rings. The first-order valence-corrected chi connectivity index (χ1v) is 7.60. The van der Waals surface area contributed by atoms with E-state index in [0.717, 1.165) is 16.5 Å². The van der Waals surface area contributed by atoms with Crippen LogP contribution in [0.25, 0.3) is 10.9 Å². The Balaban J connectivity index is 2.03. The summed E-state index contributed by atoms with van der Waals surface area (Å²) in [5.74, 6) is -1.07. The molecule has 0 radical (unpaired) electrons. The molecule has 1 amide bonds. The molecular weight excluding hydrogens is 296 g/mol. The number of fused-ring (bicyclic) bond motifs is 3. The minimum Gasteiger partial charge on any atom is -0.479 e. The SMILES string of the molecule is CC(C)(C)OC(=O)N1CCc2c([nH]c3ccccc23)[C@@H]1C(=O)O. The highest BCUT2D eigenvalue weighted by Crippen LogP contribution is 2.35. The molecule has 6 nitrogen and oxygen atoms in total. The number of carbonyl (C=O) groups excluding carboxylic acids is 1. The number of carbonyl (C=O) groups is 2. The normalized spacial score (nSPS) is 17.9. The number of nitrogens with one attached hydrogen (secondary N) is 1. The van der Waals surface area contributed by atoms with Crippen LogP contribution in [0.3, 0.4) is 0 Å². The molecule has 23 heavy (non-hydrogen) atoms. The zero-order valence-electron chi connectivity index (χ0n) is 13.4. The van der Waals surface area contributed by atoms with Crippen LogP contribution in [0, 0.1) is 0 Å². The van der Waals surface area contributed by atoms with Crippen LogP contribution in [0.15, 0.2) is 24.3 Å². The number of rotatable bonds is 1. The molecule has 6 heteroatoms. The Morgan fingerprint density at radius 1 is 1.30 bits per heavy atom. The van der Waals surface area contributed by atoms with E-state index in [1.165, 1.54) is 4.90 Å². The summed E-state index contributed by atoms with van der Waals surface area (Å²) >= 11 is 0. The third-order valence-electron chi connectivity index (χ3n) is 3.90. The van der Waals surface area contributed by atoms with Gasteiger partial charge in [0, 0.05) is 17.4 Å². The molecule has 122 valence electrons. The molecule has 3 rings (SSSR count). The Bertz CT molecular complexity index is 772. The van der Waals surface area contributed by atoms with Crippen molar-refractivity contribution in [3.8, 4) is 0 Å². The van der Waals surface area contributed by atoms with Gasteiger partial charge in [0.2, 0.25) is 0 Å². The lowest BCUT2D eigenvalue weighted by Gasteiger charge is -2.34. The molecule has 0 unspecified atom stereocenters. The van der Waals surface area contributed by atoms with E-state index < -0.39 is 23.7 Å². The van der Waals surface area contributed by atoms with Crippen molar-refractivity contribution < 1.29 is 19.4 Å². The maximum atomic E-state index is 12.4. The number of nitrogens with zero attached hydrogens (tertiary/aromatic N) is 1. The van der Waals surface area contributed by atoms with Crippen LogP contribution in [-0.2, 0) is 16.0 Å². The largest absolute Gasteiger partial charge is 0.479 e. The zero-order chi connectivity index (χ0) is 16.8. The van der Waals surface area contributed by atoms with Crippen LogP contribution in [0.4, 0.5) is 4.79 Å². The summed E-state index contributed by atoms with van der Waals surface area (Å²) in [4.78, 5) is 28.6. The number of hydrogen-bond donors (Lipinski definition) is 2. The van der Waals surface area contributed by atoms with E-state index in [4.69, 9.17) is 4.74 Å². The Hall–Kier alpha value is -2.50. The number of para-hydroxylation sites is 1. The molecule has 0 bridgehead atoms. The lowest BCUT2D eigenvalue weighted by atomic mass is 9.97. The van der Waals surface area contributed by atoms with E-state index in [-0.39, 0.29) is 0 Å². The molecule has 1 aliphatic rings. The number of hydrogen-bond acceptors (Lipinski definition) is 3. The molecule has 1 atom stereocenters. The Morgan fingerprint density at radius 2 is 2.00 bits per heavy atom. The highest BCUT2D eigenvalue weighted by Gasteiger charge is 2.39. The topological polar surface area (TPSA) is 82.6 Å². The molecule has 2 aromatic rings. The standard InChI is InChI=1S/C17H20N2O4/c1-17(2,3)23-16(22)19-9-8-11-10-6-4-5-7-12(10)18-13(11)14(19)15(20)21/h4-7,14,18H,8-9H2,1-3H3,(H,20,21)/t14-/m1/s1. The first-order chi connectivity index (χ1) is 10.8. The van der Waals surface area contributed by atoms with Crippen molar-refractivity contribution in [2.45, 2.75) is 38.8 Å². The van der Waals surface area contributed by atoms with Crippen molar-refractivity contribution in [2.75, 3.05) is 6.54 Å². The van der Waals surface area contributed by atoms with Gasteiger partial charge in [-0.05, 0) is 38.8 Å². The van der Waals surface area contributed by atoms with Gasteiger partial charge in [-0.2, -0.15) is 0 Å². The van der Waals surface area contributed by atoms with Crippen molar-refractivity contribution in [1.29, 1.82) is 0 Å². The van der Waals surface area contributed by atoms with Crippen LogP contribution in [0.1, 0.15) is 38.1 Å². The quantitative estimate of drug-likeness (QED) is 0.847. The number of aromatic amines is 1. The van der Waals surface area contributed by atoms with Gasteiger partial charge in [0.05, 0.1) is 5.69 Å². The first-order valence-electron chi connectivity index (χ1n) is 7.60. The molecule has 1 aliphatic heterocycles. The number of ether oxygens (including phenoxy) is 1. The third kappa shape index (κ3) is 2.76. The zero-order valence-corrected chi connectivity index (χ0v) is 13.4. The number of carboxylic acids is 1. The average molecular weight is 316 g/mol. The summed E-state index contributed by atoms with van der Waals surface area (Å²) in [5.41, 5.74) is 1.75. The van der Waals surface area contributed by atoms with Crippen molar-refractivity contribution in [3.63, 3.8) is 0 Å². The molecule has 1 aromatic heterocycles. The summed E-state index contributed by atoms with van der Waals surface area (Å²) in [5, 5.41) is 10.7. The van der Waals surface area contributed by atoms with Crippen LogP contribution in [0.5, 0.6) is 0 Å². The predicted molar refractivity (Wildman–Crippen MR) is 85.3 cm³/mol. The predicted octanol–water partition coefficient (Wildman–Crippen LogP) is 3.09. The number of carboxylic acid groups (broad SMARTS) is 1. The van der Waals surface area contributed by atoms with E-state index >= 15 is 0 Å². The van der Waals surface area contributed by atoms with Gasteiger partial charge in [0.1, 0.15) is 5.60 Å². The number of benzene rings is 1. The van der Waals surface area contributed by atoms with Crippen molar-refractivity contribution in [2.24, 2.45) is 0 Å². The second-order valence-corrected chi connectivity index (χ2v) is 6.73. The minimum atomic E-state index is -1.07. The van der Waals surface area contributed by atoms with Gasteiger partial charge in [0.25, 0.3) is 0 Å². The lowest BCUT2D eigenvalue weighted by Crippen LogP contribution is -2.45. The van der Waals surface area contributed by atoms with Gasteiger partial charge in [-0.3, -0.25) is 4.90 Å². The highest BCUT2D eigenvalue weighted by atomic mass is 16.6. The second-order valence-electron chi connectivity index (χ2n) is 6.73. The number of amides is 1. The molecule has 2 heterocycles. The summed E-state index contributed by atoms with van der Waals surface area (Å²) in [6, 6.07) is 6.64. The van der Waals surface area contributed by atoms with Gasteiger partial charge >= 0.3 is 12.1 Å². The average Bonchev–Trinajstić information content (AvgIpc) is 2.82. The molecular formula is C17H20N2O4. The van der Waals surface area contributed by atoms with Gasteiger partial charge < -0.3 is 14.8 Å². The van der Waals surface area contributed by atoms with Crippen LogP contribution >= 0.6 is 0 Å². The number of H-pyrrole nitrogens is 1. The van der Waals surface area contributed by atoms with E-state index in [9.17, 15) is 14.7 Å². The molecule has 2 N–H and O–H groups in total. The van der Waals surface area contributed by atoms with Crippen LogP contribution in [0.2, 0.25) is 0 Å².